The van der Waals surface area contributed by atoms with E-state index in [9.17, 15) is 18.5 Å². The van der Waals surface area contributed by atoms with Crippen molar-refractivity contribution in [3.63, 3.8) is 0 Å². The molecule has 1 N–H and O–H groups in total. The number of nitrogens with one attached hydrogen (secondary N) is 1. The lowest BCUT2D eigenvalue weighted by Gasteiger charge is -2.06. The van der Waals surface area contributed by atoms with Crippen LogP contribution in [0.4, 0.5) is 11.5 Å². The molecule has 0 fully saturated rings. The van der Waals surface area contributed by atoms with Gasteiger partial charge >= 0.3 is 5.69 Å². The maximum absolute atomic E-state index is 10.9. The number of sulfone groups is 1. The van der Waals surface area contributed by atoms with Gasteiger partial charge in [-0.1, -0.05) is 0 Å². The second-order valence-corrected chi connectivity index (χ2v) is 6.25. The SMILES string of the molecule is Cc1ccc([N+](=O)[O-])c(NCCCS(C)(=O)=O)n1. The van der Waals surface area contributed by atoms with Gasteiger partial charge in [-0.2, -0.15) is 0 Å². The fourth-order valence-electron chi connectivity index (χ4n) is 1.37. The molecule has 0 spiro atoms. The average molecular weight is 273 g/mol. The summed E-state index contributed by atoms with van der Waals surface area (Å²) in [6.07, 6.45) is 1.53. The lowest BCUT2D eigenvalue weighted by atomic mass is 10.3. The van der Waals surface area contributed by atoms with Crippen molar-refractivity contribution in [2.45, 2.75) is 13.3 Å². The van der Waals surface area contributed by atoms with Gasteiger partial charge in [-0.3, -0.25) is 10.1 Å². The largest absolute Gasteiger partial charge is 0.364 e. The van der Waals surface area contributed by atoms with Crippen LogP contribution in [0.5, 0.6) is 0 Å². The maximum atomic E-state index is 10.9. The summed E-state index contributed by atoms with van der Waals surface area (Å²) in [4.78, 5) is 14.3. The molecule has 8 heteroatoms. The number of anilines is 1. The molecule has 0 atom stereocenters. The first-order chi connectivity index (χ1) is 8.29. The van der Waals surface area contributed by atoms with Crippen LogP contribution in [0.3, 0.4) is 0 Å². The van der Waals surface area contributed by atoms with Crippen molar-refractivity contribution in [2.24, 2.45) is 0 Å². The van der Waals surface area contributed by atoms with E-state index in [2.05, 4.69) is 10.3 Å². The molecule has 0 amide bonds. The number of nitrogens with zero attached hydrogens (tertiary/aromatic N) is 2. The predicted octanol–water partition coefficient (Wildman–Crippen LogP) is 1.14. The second kappa shape index (κ2) is 5.76. The van der Waals surface area contributed by atoms with Crippen molar-refractivity contribution < 1.29 is 13.3 Å². The van der Waals surface area contributed by atoms with E-state index in [1.54, 1.807) is 13.0 Å². The lowest BCUT2D eigenvalue weighted by Crippen LogP contribution is -2.11. The number of hydrogen-bond donors (Lipinski definition) is 1. The summed E-state index contributed by atoms with van der Waals surface area (Å²) in [6.45, 7) is 2.05. The van der Waals surface area contributed by atoms with Crippen LogP contribution in [-0.2, 0) is 9.84 Å². The van der Waals surface area contributed by atoms with Crippen LogP contribution in [0.2, 0.25) is 0 Å². The standard InChI is InChI=1S/C10H15N3O4S/c1-8-4-5-9(13(14)15)10(12-8)11-6-3-7-18(2,16)17/h4-5H,3,6-7H2,1-2H3,(H,11,12). The van der Waals surface area contributed by atoms with Crippen LogP contribution in [0.15, 0.2) is 12.1 Å². The van der Waals surface area contributed by atoms with E-state index in [4.69, 9.17) is 0 Å². The van der Waals surface area contributed by atoms with E-state index in [0.29, 0.717) is 18.7 Å². The minimum atomic E-state index is -3.01. The molecule has 0 bridgehead atoms. The molecule has 0 radical (unpaired) electrons. The molecule has 0 aliphatic heterocycles. The molecular formula is C10H15N3O4S. The fraction of sp³-hybridized carbons (Fsp3) is 0.500. The first-order valence-corrected chi connectivity index (χ1v) is 7.39. The third kappa shape index (κ3) is 4.66. The monoisotopic (exact) mass is 273 g/mol. The summed E-state index contributed by atoms with van der Waals surface area (Å²) < 4.78 is 21.8. The Hall–Kier alpha value is -1.70. The molecule has 1 rings (SSSR count). The molecule has 0 unspecified atom stereocenters. The van der Waals surface area contributed by atoms with Gasteiger partial charge in [0.15, 0.2) is 0 Å². The quantitative estimate of drug-likeness (QED) is 0.474. The molecule has 0 aliphatic carbocycles. The van der Waals surface area contributed by atoms with Crippen LogP contribution in [0.25, 0.3) is 0 Å². The van der Waals surface area contributed by atoms with Gasteiger partial charge < -0.3 is 5.32 Å². The Balaban J connectivity index is 2.66. The summed E-state index contributed by atoms with van der Waals surface area (Å²) in [5, 5.41) is 13.5. The minimum Gasteiger partial charge on any atom is -0.364 e. The van der Waals surface area contributed by atoms with Crippen LogP contribution >= 0.6 is 0 Å². The number of nitro groups is 1. The molecular weight excluding hydrogens is 258 g/mol. The highest BCUT2D eigenvalue weighted by atomic mass is 32.2. The van der Waals surface area contributed by atoms with Crippen molar-refractivity contribution in [1.82, 2.24) is 4.98 Å². The number of aromatic nitrogens is 1. The minimum absolute atomic E-state index is 0.0413. The van der Waals surface area contributed by atoms with E-state index in [1.165, 1.54) is 6.07 Å². The summed E-state index contributed by atoms with van der Waals surface area (Å²) in [7, 11) is -3.01. The first-order valence-electron chi connectivity index (χ1n) is 5.33. The summed E-state index contributed by atoms with van der Waals surface area (Å²) in [6, 6.07) is 2.93. The van der Waals surface area contributed by atoms with Crippen LogP contribution in [-0.4, -0.2) is 36.9 Å². The Bertz CT molecular complexity index is 542. The molecule has 0 aliphatic rings. The first kappa shape index (κ1) is 14.4. The normalized spacial score (nSPS) is 11.2. The third-order valence-corrected chi connectivity index (χ3v) is 3.22. The van der Waals surface area contributed by atoms with Crippen molar-refractivity contribution >= 4 is 21.3 Å². The Morgan fingerprint density at radius 2 is 2.11 bits per heavy atom. The summed E-state index contributed by atoms with van der Waals surface area (Å²) in [5.74, 6) is 0.216. The van der Waals surface area contributed by atoms with Crippen molar-refractivity contribution in [2.75, 3.05) is 23.9 Å². The Kier molecular flexibility index (Phi) is 4.60. The maximum Gasteiger partial charge on any atom is 0.311 e. The third-order valence-electron chi connectivity index (χ3n) is 2.19. The molecule has 1 aromatic heterocycles. The highest BCUT2D eigenvalue weighted by Gasteiger charge is 2.14. The van der Waals surface area contributed by atoms with Gasteiger partial charge in [0.2, 0.25) is 5.82 Å². The van der Waals surface area contributed by atoms with E-state index in [1.807, 2.05) is 0 Å². The van der Waals surface area contributed by atoms with Gasteiger partial charge in [0.25, 0.3) is 0 Å². The number of rotatable bonds is 6. The van der Waals surface area contributed by atoms with Gasteiger partial charge in [-0.05, 0) is 19.4 Å². The number of hydrogen-bond acceptors (Lipinski definition) is 6. The highest BCUT2D eigenvalue weighted by molar-refractivity contribution is 7.90. The lowest BCUT2D eigenvalue weighted by molar-refractivity contribution is -0.384. The van der Waals surface area contributed by atoms with Crippen molar-refractivity contribution in [3.05, 3.63) is 27.9 Å². The summed E-state index contributed by atoms with van der Waals surface area (Å²) >= 11 is 0. The van der Waals surface area contributed by atoms with E-state index in [-0.39, 0.29) is 17.3 Å². The Labute approximate surface area is 105 Å². The zero-order valence-corrected chi connectivity index (χ0v) is 11.0. The molecule has 100 valence electrons. The van der Waals surface area contributed by atoms with Crippen LogP contribution in [0, 0.1) is 17.0 Å². The van der Waals surface area contributed by atoms with Crippen molar-refractivity contribution in [1.29, 1.82) is 0 Å². The average Bonchev–Trinajstić information content (AvgIpc) is 2.22. The van der Waals surface area contributed by atoms with Crippen molar-refractivity contribution in [3.8, 4) is 0 Å². The van der Waals surface area contributed by atoms with Gasteiger partial charge in [0.1, 0.15) is 9.84 Å². The van der Waals surface area contributed by atoms with E-state index >= 15 is 0 Å². The molecule has 1 heterocycles. The number of aryl methyl sites for hydroxylation is 1. The molecule has 0 saturated carbocycles. The second-order valence-electron chi connectivity index (χ2n) is 3.99. The molecule has 7 nitrogen and oxygen atoms in total. The summed E-state index contributed by atoms with van der Waals surface area (Å²) in [5.41, 5.74) is 0.547. The Morgan fingerprint density at radius 3 is 2.67 bits per heavy atom. The van der Waals surface area contributed by atoms with Crippen LogP contribution < -0.4 is 5.32 Å². The highest BCUT2D eigenvalue weighted by Crippen LogP contribution is 2.21. The van der Waals surface area contributed by atoms with Crippen LogP contribution in [0.1, 0.15) is 12.1 Å². The van der Waals surface area contributed by atoms with E-state index in [0.717, 1.165) is 6.26 Å². The smallest absolute Gasteiger partial charge is 0.311 e. The zero-order valence-electron chi connectivity index (χ0n) is 10.2. The molecule has 1 aromatic rings. The molecule has 18 heavy (non-hydrogen) atoms. The fourth-order valence-corrected chi connectivity index (χ4v) is 2.04. The Morgan fingerprint density at radius 1 is 1.44 bits per heavy atom. The molecule has 0 aromatic carbocycles. The topological polar surface area (TPSA) is 102 Å². The van der Waals surface area contributed by atoms with Gasteiger partial charge in [0.05, 0.1) is 10.7 Å². The number of pyridine rings is 1. The predicted molar refractivity (Wildman–Crippen MR) is 68.4 cm³/mol. The molecule has 0 saturated heterocycles. The zero-order chi connectivity index (χ0) is 13.8. The van der Waals surface area contributed by atoms with E-state index < -0.39 is 14.8 Å². The van der Waals surface area contributed by atoms with Gasteiger partial charge in [-0.15, -0.1) is 0 Å². The van der Waals surface area contributed by atoms with Gasteiger partial charge in [-0.25, -0.2) is 13.4 Å². The van der Waals surface area contributed by atoms with Gasteiger partial charge in [0, 0.05) is 24.6 Å².